The second-order valence-electron chi connectivity index (χ2n) is 2.76. The Morgan fingerprint density at radius 2 is 2.11 bits per heavy atom. The summed E-state index contributed by atoms with van der Waals surface area (Å²) in [5, 5.41) is 12.4. The van der Waals surface area contributed by atoms with Crippen molar-refractivity contribution in [3.8, 4) is 0 Å². The molecule has 0 saturated carbocycles. The van der Waals surface area contributed by atoms with Crippen molar-refractivity contribution in [1.29, 1.82) is 0 Å². The van der Waals surface area contributed by atoms with Gasteiger partial charge in [-0.2, -0.15) is 0 Å². The number of likely N-dealkylation sites (N-methyl/N-ethyl adjacent to an activating group) is 1. The van der Waals surface area contributed by atoms with Crippen LogP contribution in [0.1, 0.15) is 0 Å². The van der Waals surface area contributed by atoms with Crippen LogP contribution in [0.15, 0.2) is 0 Å². The second-order valence-corrected chi connectivity index (χ2v) is 2.76. The maximum atomic E-state index is 9.26. The fourth-order valence-electron chi connectivity index (χ4n) is 1.18. The van der Waals surface area contributed by atoms with Crippen molar-refractivity contribution in [3.63, 3.8) is 0 Å². The Labute approximate surface area is 55.7 Å². The van der Waals surface area contributed by atoms with Crippen molar-refractivity contribution in [2.45, 2.75) is 12.1 Å². The van der Waals surface area contributed by atoms with Crippen LogP contribution in [0.5, 0.6) is 0 Å². The molecular weight excluding hydrogens is 116 g/mol. The molecule has 0 radical (unpaired) electrons. The number of nitrogens with zero attached hydrogens (tertiary/aromatic N) is 1. The van der Waals surface area contributed by atoms with E-state index in [2.05, 4.69) is 5.32 Å². The van der Waals surface area contributed by atoms with Crippen molar-refractivity contribution in [2.24, 2.45) is 0 Å². The van der Waals surface area contributed by atoms with E-state index in [9.17, 15) is 5.11 Å². The Morgan fingerprint density at radius 3 is 2.33 bits per heavy atom. The zero-order valence-electron chi connectivity index (χ0n) is 5.96. The molecule has 1 saturated heterocycles. The average Bonchev–Trinajstić information content (AvgIpc) is 2.13. The van der Waals surface area contributed by atoms with Gasteiger partial charge < -0.3 is 15.3 Å². The molecule has 54 valence electrons. The molecule has 2 N–H and O–H groups in total. The molecule has 0 bridgehead atoms. The van der Waals surface area contributed by atoms with E-state index >= 15 is 0 Å². The molecule has 3 heteroatoms. The van der Waals surface area contributed by atoms with Crippen LogP contribution >= 0.6 is 0 Å². The summed E-state index contributed by atoms with van der Waals surface area (Å²) in [5.41, 5.74) is 0. The smallest absolute Gasteiger partial charge is 0.0831 e. The minimum atomic E-state index is -0.181. The molecule has 1 fully saturated rings. The predicted octanol–water partition coefficient (Wildman–Crippen LogP) is -1.12. The summed E-state index contributed by atoms with van der Waals surface area (Å²) in [5.74, 6) is 0. The Kier molecular flexibility index (Phi) is 2.05. The van der Waals surface area contributed by atoms with Gasteiger partial charge in [0.25, 0.3) is 0 Å². The topological polar surface area (TPSA) is 35.5 Å². The van der Waals surface area contributed by atoms with Gasteiger partial charge in [-0.25, -0.2) is 0 Å². The lowest BCUT2D eigenvalue weighted by Crippen LogP contribution is -2.37. The van der Waals surface area contributed by atoms with E-state index < -0.39 is 0 Å². The van der Waals surface area contributed by atoms with Crippen LogP contribution in [0.3, 0.4) is 0 Å². The number of nitrogens with one attached hydrogen (secondary N) is 1. The fourth-order valence-corrected chi connectivity index (χ4v) is 1.18. The first-order valence-electron chi connectivity index (χ1n) is 3.27. The van der Waals surface area contributed by atoms with Gasteiger partial charge in [-0.1, -0.05) is 0 Å². The van der Waals surface area contributed by atoms with Crippen LogP contribution in [-0.2, 0) is 0 Å². The lowest BCUT2D eigenvalue weighted by Gasteiger charge is -2.20. The number of aliphatic hydroxyl groups is 1. The summed E-state index contributed by atoms with van der Waals surface area (Å²) >= 11 is 0. The second kappa shape index (κ2) is 2.64. The summed E-state index contributed by atoms with van der Waals surface area (Å²) in [6, 6.07) is 0.310. The first-order valence-corrected chi connectivity index (χ1v) is 3.27. The van der Waals surface area contributed by atoms with Gasteiger partial charge in [0.1, 0.15) is 0 Å². The Hall–Kier alpha value is -0.120. The lowest BCUT2D eigenvalue weighted by atomic mass is 10.2. The number of hydrogen-bond acceptors (Lipinski definition) is 3. The predicted molar refractivity (Wildman–Crippen MR) is 36.4 cm³/mol. The quantitative estimate of drug-likeness (QED) is 0.472. The number of β-amino-alcohol motifs (C(OH)–C–C–N with tert-alkyl or cyclic N) is 1. The van der Waals surface area contributed by atoms with Crippen molar-refractivity contribution in [2.75, 3.05) is 27.2 Å². The molecule has 0 aliphatic carbocycles. The summed E-state index contributed by atoms with van der Waals surface area (Å²) in [4.78, 5) is 2.05. The number of rotatable bonds is 1. The van der Waals surface area contributed by atoms with Gasteiger partial charge in [0.2, 0.25) is 0 Å². The standard InChI is InChI=1S/C6H14N2O/c1-8(2)5-3-7-4-6(5)9/h5-7,9H,3-4H2,1-2H3/t5-,6-/m1/s1. The molecule has 1 rings (SSSR count). The van der Waals surface area contributed by atoms with E-state index in [4.69, 9.17) is 0 Å². The Morgan fingerprint density at radius 1 is 1.44 bits per heavy atom. The third-order valence-corrected chi connectivity index (χ3v) is 1.81. The monoisotopic (exact) mass is 130 g/mol. The van der Waals surface area contributed by atoms with Crippen LogP contribution in [0, 0.1) is 0 Å². The lowest BCUT2D eigenvalue weighted by molar-refractivity contribution is 0.114. The van der Waals surface area contributed by atoms with Gasteiger partial charge in [0.05, 0.1) is 6.10 Å². The summed E-state index contributed by atoms with van der Waals surface area (Å²) in [6.07, 6.45) is -0.181. The zero-order valence-corrected chi connectivity index (χ0v) is 5.96. The van der Waals surface area contributed by atoms with Crippen molar-refractivity contribution in [1.82, 2.24) is 10.2 Å². The molecule has 0 spiro atoms. The molecule has 0 aromatic carbocycles. The molecule has 1 heterocycles. The van der Waals surface area contributed by atoms with E-state index in [0.29, 0.717) is 6.04 Å². The number of aliphatic hydroxyl groups excluding tert-OH is 1. The van der Waals surface area contributed by atoms with Crippen LogP contribution in [0.4, 0.5) is 0 Å². The summed E-state index contributed by atoms with van der Waals surface area (Å²) < 4.78 is 0. The van der Waals surface area contributed by atoms with Crippen LogP contribution in [-0.4, -0.2) is 49.3 Å². The first kappa shape index (κ1) is 6.99. The summed E-state index contributed by atoms with van der Waals surface area (Å²) in [6.45, 7) is 1.65. The Bertz CT molecular complexity index is 95.1. The highest BCUT2D eigenvalue weighted by atomic mass is 16.3. The van der Waals surface area contributed by atoms with E-state index in [-0.39, 0.29) is 6.10 Å². The molecule has 0 aromatic heterocycles. The minimum Gasteiger partial charge on any atom is -0.390 e. The maximum absolute atomic E-state index is 9.26. The van der Waals surface area contributed by atoms with Gasteiger partial charge in [-0.3, -0.25) is 0 Å². The largest absolute Gasteiger partial charge is 0.390 e. The molecule has 1 aliphatic rings. The van der Waals surface area contributed by atoms with Crippen molar-refractivity contribution < 1.29 is 5.11 Å². The first-order chi connectivity index (χ1) is 4.22. The average molecular weight is 130 g/mol. The highest BCUT2D eigenvalue weighted by molar-refractivity contribution is 4.85. The van der Waals surface area contributed by atoms with E-state index in [1.165, 1.54) is 0 Å². The molecule has 0 aromatic rings. The summed E-state index contributed by atoms with van der Waals surface area (Å²) in [7, 11) is 3.97. The molecule has 0 amide bonds. The Balaban J connectivity index is 2.40. The van der Waals surface area contributed by atoms with Gasteiger partial charge >= 0.3 is 0 Å². The maximum Gasteiger partial charge on any atom is 0.0831 e. The molecule has 0 unspecified atom stereocenters. The molecule has 2 atom stereocenters. The highest BCUT2D eigenvalue weighted by Crippen LogP contribution is 2.03. The van der Waals surface area contributed by atoms with Crippen LogP contribution < -0.4 is 5.32 Å². The van der Waals surface area contributed by atoms with Gasteiger partial charge in [0, 0.05) is 19.1 Å². The van der Waals surface area contributed by atoms with E-state index in [0.717, 1.165) is 13.1 Å². The van der Waals surface area contributed by atoms with E-state index in [1.54, 1.807) is 0 Å². The van der Waals surface area contributed by atoms with Gasteiger partial charge in [-0.05, 0) is 14.1 Å². The molecule has 3 nitrogen and oxygen atoms in total. The van der Waals surface area contributed by atoms with Crippen molar-refractivity contribution in [3.05, 3.63) is 0 Å². The third-order valence-electron chi connectivity index (χ3n) is 1.81. The van der Waals surface area contributed by atoms with Crippen LogP contribution in [0.25, 0.3) is 0 Å². The molecular formula is C6H14N2O. The van der Waals surface area contributed by atoms with Crippen molar-refractivity contribution >= 4 is 0 Å². The SMILES string of the molecule is CN(C)[C@@H]1CNC[C@H]1O. The highest BCUT2D eigenvalue weighted by Gasteiger charge is 2.25. The van der Waals surface area contributed by atoms with Gasteiger partial charge in [0.15, 0.2) is 0 Å². The molecule has 9 heavy (non-hydrogen) atoms. The minimum absolute atomic E-state index is 0.181. The fraction of sp³-hybridized carbons (Fsp3) is 1.00. The van der Waals surface area contributed by atoms with Crippen LogP contribution in [0.2, 0.25) is 0 Å². The molecule has 1 aliphatic heterocycles. The third kappa shape index (κ3) is 1.41. The normalized spacial score (nSPS) is 36.0. The van der Waals surface area contributed by atoms with E-state index in [1.807, 2.05) is 19.0 Å². The zero-order chi connectivity index (χ0) is 6.85. The van der Waals surface area contributed by atoms with Gasteiger partial charge in [-0.15, -0.1) is 0 Å². The number of hydrogen-bond donors (Lipinski definition) is 2.